The van der Waals surface area contributed by atoms with E-state index in [4.69, 9.17) is 11.1 Å². The topological polar surface area (TPSA) is 178 Å². The lowest BCUT2D eigenvalue weighted by molar-refractivity contribution is -0.137. The number of rotatable bonds is 16. The average Bonchev–Trinajstić information content (AvgIpc) is 3.61. The summed E-state index contributed by atoms with van der Waals surface area (Å²) >= 11 is 0. The standard InChI is InChI=1S/C38H49N7O4/c1-3-37(4-2,44-32(46)29-21-12-7-13-22-29)34(48)42-30(23-16-26-41-36(39)40)33(47)45-38(24-14-15-25-38)35(49)43-31(27-17-8-5-9-18-27)28-19-10-6-11-20-28/h5-13,17-22,30-31H,3-4,14-16,23-26H2,1-2H3,(H,42,48)(H,43,49)(H,44,46)(H,45,47)(H4,39,40,41)/t30-/m0/s1. The van der Waals surface area contributed by atoms with Crippen molar-refractivity contribution in [3.63, 3.8) is 0 Å². The molecule has 0 aromatic heterocycles. The summed E-state index contributed by atoms with van der Waals surface area (Å²) in [5.74, 6) is -1.85. The summed E-state index contributed by atoms with van der Waals surface area (Å²) in [5, 5.41) is 22.4. The SMILES string of the molecule is CCC(CC)(NC(=O)c1ccccc1)C(=O)N[C@@H](CCCNC(=N)N)C(=O)NC1(C(=O)NC(c2ccccc2)c2ccccc2)CCCC1. The van der Waals surface area contributed by atoms with Gasteiger partial charge in [-0.25, -0.2) is 0 Å². The van der Waals surface area contributed by atoms with Crippen molar-refractivity contribution in [1.29, 1.82) is 5.41 Å². The van der Waals surface area contributed by atoms with Crippen molar-refractivity contribution >= 4 is 29.6 Å². The van der Waals surface area contributed by atoms with Gasteiger partial charge in [0.05, 0.1) is 6.04 Å². The van der Waals surface area contributed by atoms with E-state index in [9.17, 15) is 19.2 Å². The van der Waals surface area contributed by atoms with Crippen LogP contribution in [0.25, 0.3) is 0 Å². The third kappa shape index (κ3) is 9.46. The number of hydrogen-bond donors (Lipinski definition) is 7. The summed E-state index contributed by atoms with van der Waals surface area (Å²) in [5.41, 5.74) is 5.26. The van der Waals surface area contributed by atoms with Gasteiger partial charge < -0.3 is 32.3 Å². The van der Waals surface area contributed by atoms with Crippen molar-refractivity contribution < 1.29 is 19.2 Å². The molecule has 1 aliphatic carbocycles. The molecule has 49 heavy (non-hydrogen) atoms. The summed E-state index contributed by atoms with van der Waals surface area (Å²) in [7, 11) is 0. The van der Waals surface area contributed by atoms with Gasteiger partial charge in [0.1, 0.15) is 17.1 Å². The summed E-state index contributed by atoms with van der Waals surface area (Å²) < 4.78 is 0. The summed E-state index contributed by atoms with van der Waals surface area (Å²) in [4.78, 5) is 55.6. The monoisotopic (exact) mass is 667 g/mol. The van der Waals surface area contributed by atoms with Crippen LogP contribution in [-0.4, -0.2) is 53.3 Å². The fraction of sp³-hybridized carbons (Fsp3) is 0.395. The molecule has 1 fully saturated rings. The Morgan fingerprint density at radius 2 is 1.35 bits per heavy atom. The summed E-state index contributed by atoms with van der Waals surface area (Å²) in [6.45, 7) is 3.94. The van der Waals surface area contributed by atoms with Gasteiger partial charge in [-0.1, -0.05) is 106 Å². The molecule has 11 heteroatoms. The number of nitrogens with one attached hydrogen (secondary N) is 6. The van der Waals surface area contributed by atoms with Crippen molar-refractivity contribution in [1.82, 2.24) is 26.6 Å². The normalized spacial score (nSPS) is 14.3. The van der Waals surface area contributed by atoms with E-state index in [2.05, 4.69) is 26.6 Å². The van der Waals surface area contributed by atoms with Gasteiger partial charge in [0.2, 0.25) is 17.7 Å². The largest absolute Gasteiger partial charge is 0.370 e. The number of hydrogen-bond acceptors (Lipinski definition) is 5. The molecule has 0 bridgehead atoms. The molecule has 3 aromatic rings. The molecule has 1 atom stereocenters. The number of carbonyl (C=O) groups is 4. The smallest absolute Gasteiger partial charge is 0.252 e. The predicted octanol–water partition coefficient (Wildman–Crippen LogP) is 4.06. The zero-order chi connectivity index (χ0) is 35.3. The summed E-state index contributed by atoms with van der Waals surface area (Å²) in [6.07, 6.45) is 3.62. The van der Waals surface area contributed by atoms with Crippen LogP contribution in [0.2, 0.25) is 0 Å². The van der Waals surface area contributed by atoms with E-state index in [1.54, 1.807) is 30.3 Å². The van der Waals surface area contributed by atoms with Gasteiger partial charge in [0.15, 0.2) is 5.96 Å². The Kier molecular flexibility index (Phi) is 12.9. The van der Waals surface area contributed by atoms with Gasteiger partial charge in [0, 0.05) is 12.1 Å². The van der Waals surface area contributed by atoms with E-state index in [1.165, 1.54) is 0 Å². The average molecular weight is 668 g/mol. The van der Waals surface area contributed by atoms with Gasteiger partial charge >= 0.3 is 0 Å². The Morgan fingerprint density at radius 3 is 1.86 bits per heavy atom. The highest BCUT2D eigenvalue weighted by atomic mass is 16.2. The zero-order valence-corrected chi connectivity index (χ0v) is 28.4. The van der Waals surface area contributed by atoms with Gasteiger partial charge in [-0.2, -0.15) is 0 Å². The fourth-order valence-electron chi connectivity index (χ4n) is 6.41. The lowest BCUT2D eigenvalue weighted by atomic mass is 9.90. The molecule has 0 unspecified atom stereocenters. The minimum Gasteiger partial charge on any atom is -0.370 e. The fourth-order valence-corrected chi connectivity index (χ4v) is 6.41. The van der Waals surface area contributed by atoms with Gasteiger partial charge in [-0.15, -0.1) is 0 Å². The third-order valence-corrected chi connectivity index (χ3v) is 9.43. The van der Waals surface area contributed by atoms with Gasteiger partial charge in [-0.05, 0) is 61.8 Å². The molecule has 0 saturated heterocycles. The maximum absolute atomic E-state index is 14.2. The first kappa shape index (κ1) is 36.6. The van der Waals surface area contributed by atoms with Crippen LogP contribution in [0.15, 0.2) is 91.0 Å². The second-order valence-corrected chi connectivity index (χ2v) is 12.6. The highest BCUT2D eigenvalue weighted by molar-refractivity contribution is 6.01. The van der Waals surface area contributed by atoms with Crippen molar-refractivity contribution in [2.24, 2.45) is 5.73 Å². The molecular formula is C38H49N7O4. The number of carbonyl (C=O) groups excluding carboxylic acids is 4. The summed E-state index contributed by atoms with van der Waals surface area (Å²) in [6, 6.07) is 26.6. The maximum Gasteiger partial charge on any atom is 0.252 e. The number of amides is 4. The Morgan fingerprint density at radius 1 is 0.816 bits per heavy atom. The van der Waals surface area contributed by atoms with E-state index in [-0.39, 0.29) is 24.2 Å². The van der Waals surface area contributed by atoms with E-state index < -0.39 is 35.0 Å². The van der Waals surface area contributed by atoms with Crippen molar-refractivity contribution in [3.8, 4) is 0 Å². The quantitative estimate of drug-likeness (QED) is 0.0688. The lowest BCUT2D eigenvalue weighted by Crippen LogP contribution is -2.64. The van der Waals surface area contributed by atoms with E-state index in [0.717, 1.165) is 24.0 Å². The van der Waals surface area contributed by atoms with Crippen LogP contribution in [0.3, 0.4) is 0 Å². The van der Waals surface area contributed by atoms with E-state index in [0.29, 0.717) is 44.2 Å². The minimum atomic E-state index is -1.27. The van der Waals surface area contributed by atoms with Crippen LogP contribution < -0.4 is 32.3 Å². The predicted molar refractivity (Wildman–Crippen MR) is 191 cm³/mol. The Hall–Kier alpha value is -5.19. The van der Waals surface area contributed by atoms with E-state index in [1.807, 2.05) is 74.5 Å². The Labute approximate surface area is 288 Å². The van der Waals surface area contributed by atoms with Crippen LogP contribution in [0.5, 0.6) is 0 Å². The second-order valence-electron chi connectivity index (χ2n) is 12.6. The van der Waals surface area contributed by atoms with Crippen LogP contribution in [0.1, 0.15) is 92.7 Å². The first-order valence-corrected chi connectivity index (χ1v) is 17.1. The van der Waals surface area contributed by atoms with Crippen LogP contribution in [-0.2, 0) is 14.4 Å². The molecule has 11 nitrogen and oxygen atoms in total. The molecule has 260 valence electrons. The van der Waals surface area contributed by atoms with Crippen molar-refractivity contribution in [3.05, 3.63) is 108 Å². The molecular weight excluding hydrogens is 618 g/mol. The van der Waals surface area contributed by atoms with Crippen LogP contribution in [0, 0.1) is 5.41 Å². The molecule has 4 rings (SSSR count). The van der Waals surface area contributed by atoms with Gasteiger partial charge in [0.25, 0.3) is 5.91 Å². The molecule has 1 aliphatic rings. The van der Waals surface area contributed by atoms with Gasteiger partial charge in [-0.3, -0.25) is 24.6 Å². The lowest BCUT2D eigenvalue weighted by Gasteiger charge is -2.35. The molecule has 3 aromatic carbocycles. The first-order chi connectivity index (χ1) is 23.6. The molecule has 8 N–H and O–H groups in total. The van der Waals surface area contributed by atoms with Crippen LogP contribution >= 0.6 is 0 Å². The molecule has 1 saturated carbocycles. The van der Waals surface area contributed by atoms with E-state index >= 15 is 0 Å². The highest BCUT2D eigenvalue weighted by Gasteiger charge is 2.45. The third-order valence-electron chi connectivity index (χ3n) is 9.43. The first-order valence-electron chi connectivity index (χ1n) is 17.1. The van der Waals surface area contributed by atoms with Crippen molar-refractivity contribution in [2.75, 3.05) is 6.54 Å². The highest BCUT2D eigenvalue weighted by Crippen LogP contribution is 2.32. The number of benzene rings is 3. The Balaban J connectivity index is 1.57. The number of guanidine groups is 1. The molecule has 4 amide bonds. The Bertz CT molecular complexity index is 1520. The minimum absolute atomic E-state index is 0.197. The molecule has 0 aliphatic heterocycles. The van der Waals surface area contributed by atoms with Crippen molar-refractivity contribution in [2.45, 2.75) is 88.4 Å². The van der Waals surface area contributed by atoms with Crippen LogP contribution in [0.4, 0.5) is 0 Å². The molecule has 0 radical (unpaired) electrons. The second kappa shape index (κ2) is 17.3. The zero-order valence-electron chi connectivity index (χ0n) is 28.4. The number of nitrogens with two attached hydrogens (primary N) is 1. The molecule has 0 heterocycles. The molecule has 0 spiro atoms. The maximum atomic E-state index is 14.2.